The summed E-state index contributed by atoms with van der Waals surface area (Å²) in [6.45, 7) is 0.574. The molecule has 6 heteroatoms. The van der Waals surface area contributed by atoms with Gasteiger partial charge in [0.05, 0.1) is 23.2 Å². The topological polar surface area (TPSA) is 52.6 Å². The van der Waals surface area contributed by atoms with Crippen molar-refractivity contribution in [3.8, 4) is 0 Å². The maximum absolute atomic E-state index is 11.9. The van der Waals surface area contributed by atoms with Crippen LogP contribution in [0.4, 0.5) is 0 Å². The van der Waals surface area contributed by atoms with Crippen LogP contribution < -0.4 is 0 Å². The van der Waals surface area contributed by atoms with Gasteiger partial charge in [-0.1, -0.05) is 15.9 Å². The van der Waals surface area contributed by atoms with Crippen LogP contribution in [0.3, 0.4) is 0 Å². The Morgan fingerprint density at radius 2 is 1.88 bits per heavy atom. The quantitative estimate of drug-likeness (QED) is 0.684. The van der Waals surface area contributed by atoms with Gasteiger partial charge in [-0.05, 0) is 12.8 Å². The molecular weight excluding hydrogens is 296 g/mol. The minimum absolute atomic E-state index is 0.0696. The molecule has 0 aliphatic carbocycles. The monoisotopic (exact) mass is 310 g/mol. The van der Waals surface area contributed by atoms with Crippen LogP contribution in [-0.2, 0) is 19.3 Å². The van der Waals surface area contributed by atoms with Crippen molar-refractivity contribution in [3.63, 3.8) is 0 Å². The van der Waals surface area contributed by atoms with Crippen molar-refractivity contribution in [2.75, 3.05) is 11.9 Å². The second-order valence-corrected chi connectivity index (χ2v) is 8.09. The highest BCUT2D eigenvalue weighted by Gasteiger charge is 2.57. The highest BCUT2D eigenvalue weighted by atomic mass is 79.9. The number of alkyl halides is 1. The minimum Gasteiger partial charge on any atom is -0.347 e. The van der Waals surface area contributed by atoms with E-state index >= 15 is 0 Å². The third-order valence-electron chi connectivity index (χ3n) is 3.90. The van der Waals surface area contributed by atoms with Gasteiger partial charge in [0.1, 0.15) is 0 Å². The van der Waals surface area contributed by atoms with Gasteiger partial charge in [0.25, 0.3) is 0 Å². The molecule has 3 unspecified atom stereocenters. The zero-order chi connectivity index (χ0) is 11.4. The molecule has 0 N–H and O–H groups in total. The Bertz CT molecular complexity index is 374. The van der Waals surface area contributed by atoms with Gasteiger partial charge >= 0.3 is 0 Å². The number of ether oxygens (including phenoxy) is 2. The van der Waals surface area contributed by atoms with E-state index in [0.29, 0.717) is 19.4 Å². The number of hydrogen-bond acceptors (Lipinski definition) is 4. The fourth-order valence-corrected chi connectivity index (χ4v) is 5.86. The molecule has 3 saturated heterocycles. The van der Waals surface area contributed by atoms with Crippen LogP contribution in [0, 0.1) is 0 Å². The molecule has 3 aliphatic heterocycles. The molecule has 3 fully saturated rings. The molecule has 3 rings (SSSR count). The van der Waals surface area contributed by atoms with Gasteiger partial charge in [-0.3, -0.25) is 0 Å². The second-order valence-electron chi connectivity index (χ2n) is 4.93. The van der Waals surface area contributed by atoms with Crippen molar-refractivity contribution < 1.29 is 17.9 Å². The summed E-state index contributed by atoms with van der Waals surface area (Å²) in [6, 6.07) is 0. The molecule has 0 amide bonds. The molecule has 0 aromatic heterocycles. The first-order valence-corrected chi connectivity index (χ1v) is 8.39. The molecule has 16 heavy (non-hydrogen) atoms. The van der Waals surface area contributed by atoms with E-state index in [-0.39, 0.29) is 16.6 Å². The van der Waals surface area contributed by atoms with Crippen LogP contribution in [0.25, 0.3) is 0 Å². The van der Waals surface area contributed by atoms with Crippen molar-refractivity contribution in [3.05, 3.63) is 0 Å². The summed E-state index contributed by atoms with van der Waals surface area (Å²) < 4.78 is 35.5. The van der Waals surface area contributed by atoms with Crippen molar-refractivity contribution in [1.82, 2.24) is 0 Å². The lowest BCUT2D eigenvalue weighted by molar-refractivity contribution is -0.175. The summed E-state index contributed by atoms with van der Waals surface area (Å²) in [5.74, 6) is -0.602. The number of halogens is 1. The summed E-state index contributed by atoms with van der Waals surface area (Å²) >= 11 is 3.37. The molecule has 1 spiro atoms. The van der Waals surface area contributed by atoms with Crippen molar-refractivity contribution in [1.29, 1.82) is 0 Å². The molecule has 0 radical (unpaired) electrons. The van der Waals surface area contributed by atoms with E-state index in [9.17, 15) is 8.42 Å². The predicted octanol–water partition coefficient (Wildman–Crippen LogP) is 1.23. The molecule has 0 aromatic rings. The summed E-state index contributed by atoms with van der Waals surface area (Å²) in [7, 11) is -2.89. The Hall–Kier alpha value is 0.350. The van der Waals surface area contributed by atoms with Crippen LogP contribution in [0.1, 0.15) is 25.7 Å². The van der Waals surface area contributed by atoms with Crippen LogP contribution in [-0.4, -0.2) is 42.7 Å². The summed E-state index contributed by atoms with van der Waals surface area (Å²) in [6.07, 6.45) is 2.67. The van der Waals surface area contributed by atoms with Gasteiger partial charge in [0.15, 0.2) is 15.6 Å². The third-order valence-corrected chi connectivity index (χ3v) is 7.29. The van der Waals surface area contributed by atoms with E-state index in [4.69, 9.17) is 9.47 Å². The number of rotatable bonds is 1. The minimum atomic E-state index is -2.89. The van der Waals surface area contributed by atoms with Gasteiger partial charge in [0.2, 0.25) is 0 Å². The Balaban J connectivity index is 1.83. The molecule has 4 nitrogen and oxygen atoms in total. The lowest BCUT2D eigenvalue weighted by Gasteiger charge is -2.35. The second kappa shape index (κ2) is 3.67. The van der Waals surface area contributed by atoms with E-state index in [2.05, 4.69) is 15.9 Å². The van der Waals surface area contributed by atoms with Crippen molar-refractivity contribution in [2.24, 2.45) is 0 Å². The number of hydrogen-bond donors (Lipinski definition) is 0. The van der Waals surface area contributed by atoms with Crippen LogP contribution in [0.15, 0.2) is 0 Å². The van der Waals surface area contributed by atoms with Crippen molar-refractivity contribution >= 4 is 25.8 Å². The first kappa shape index (κ1) is 11.4. The first-order chi connectivity index (χ1) is 7.56. The lowest BCUT2D eigenvalue weighted by Crippen LogP contribution is -2.46. The molecule has 2 bridgehead atoms. The summed E-state index contributed by atoms with van der Waals surface area (Å²) in [5, 5.41) is 0.275. The van der Waals surface area contributed by atoms with E-state index in [1.54, 1.807) is 0 Å². The molecule has 3 heterocycles. The zero-order valence-corrected chi connectivity index (χ0v) is 11.3. The molecule has 92 valence electrons. The average Bonchev–Trinajstić information content (AvgIpc) is 2.65. The number of sulfone groups is 1. The SMILES string of the molecule is O=S1(=O)C2CCC1CC1(C2)OCC(CBr)O1. The Morgan fingerprint density at radius 1 is 1.25 bits per heavy atom. The van der Waals surface area contributed by atoms with Crippen LogP contribution in [0.5, 0.6) is 0 Å². The molecule has 0 aromatic carbocycles. The van der Waals surface area contributed by atoms with Gasteiger partial charge in [-0.15, -0.1) is 0 Å². The Morgan fingerprint density at radius 3 is 2.38 bits per heavy atom. The standard InChI is InChI=1S/C10H15BrO4S/c11-5-7-6-14-10(15-7)3-8-1-2-9(4-10)16(8,12)13/h7-9H,1-6H2. The van der Waals surface area contributed by atoms with E-state index < -0.39 is 15.6 Å². The Labute approximate surface area is 104 Å². The van der Waals surface area contributed by atoms with Crippen LogP contribution >= 0.6 is 15.9 Å². The average molecular weight is 311 g/mol. The van der Waals surface area contributed by atoms with Crippen LogP contribution in [0.2, 0.25) is 0 Å². The third kappa shape index (κ3) is 1.57. The fourth-order valence-electron chi connectivity index (χ4n) is 3.09. The number of fused-ring (bicyclic) bond motifs is 2. The normalized spacial score (nSPS) is 49.9. The van der Waals surface area contributed by atoms with Crippen molar-refractivity contribution in [2.45, 2.75) is 48.1 Å². The van der Waals surface area contributed by atoms with Gasteiger partial charge in [-0.25, -0.2) is 8.42 Å². The summed E-state index contributed by atoms with van der Waals surface area (Å²) in [5.41, 5.74) is 0. The molecule has 3 atom stereocenters. The maximum Gasteiger partial charge on any atom is 0.171 e. The van der Waals surface area contributed by atoms with Gasteiger partial charge in [-0.2, -0.15) is 0 Å². The van der Waals surface area contributed by atoms with E-state index in [1.807, 2.05) is 0 Å². The highest BCUT2D eigenvalue weighted by Crippen LogP contribution is 2.47. The predicted molar refractivity (Wildman–Crippen MR) is 62.3 cm³/mol. The zero-order valence-electron chi connectivity index (χ0n) is 8.89. The summed E-state index contributed by atoms with van der Waals surface area (Å²) in [4.78, 5) is 0. The van der Waals surface area contributed by atoms with E-state index in [0.717, 1.165) is 18.2 Å². The highest BCUT2D eigenvalue weighted by molar-refractivity contribution is 9.09. The van der Waals surface area contributed by atoms with Gasteiger partial charge < -0.3 is 9.47 Å². The lowest BCUT2D eigenvalue weighted by atomic mass is 10.1. The maximum atomic E-state index is 11.9. The van der Waals surface area contributed by atoms with Gasteiger partial charge in [0, 0.05) is 18.2 Å². The molecular formula is C10H15BrO4S. The largest absolute Gasteiger partial charge is 0.347 e. The molecule has 3 aliphatic rings. The smallest absolute Gasteiger partial charge is 0.171 e. The fraction of sp³-hybridized carbons (Fsp3) is 1.00. The first-order valence-electron chi connectivity index (χ1n) is 5.66. The Kier molecular flexibility index (Phi) is 2.62. The molecule has 0 saturated carbocycles. The van der Waals surface area contributed by atoms with E-state index in [1.165, 1.54) is 0 Å².